The Morgan fingerprint density at radius 1 is 0.886 bits per heavy atom. The van der Waals surface area contributed by atoms with E-state index in [1.54, 1.807) is 12.1 Å². The second-order valence-corrected chi connectivity index (χ2v) is 8.85. The molecule has 1 N–H and O–H groups in total. The minimum atomic E-state index is -0.439. The molecule has 0 heterocycles. The molecule has 5 nitrogen and oxygen atoms in total. The van der Waals surface area contributed by atoms with E-state index in [0.29, 0.717) is 17.0 Å². The van der Waals surface area contributed by atoms with Crippen LogP contribution in [0.4, 0.5) is 17.1 Å². The van der Waals surface area contributed by atoms with Crippen molar-refractivity contribution in [1.29, 1.82) is 0 Å². The summed E-state index contributed by atoms with van der Waals surface area (Å²) in [4.78, 5) is 33.7. The van der Waals surface area contributed by atoms with Gasteiger partial charge in [-0.05, 0) is 76.1 Å². The molecule has 178 valence electrons. The number of carbonyl (C=O) groups is 2. The average molecular weight is 466 g/mol. The summed E-state index contributed by atoms with van der Waals surface area (Å²) in [5, 5.41) is 2.85. The molecule has 0 fully saturated rings. The number of rotatable bonds is 6. The van der Waals surface area contributed by atoms with Crippen molar-refractivity contribution in [2.45, 2.75) is 34.6 Å². The molecular formula is C30H31N3O2. The van der Waals surface area contributed by atoms with E-state index in [1.165, 1.54) is 5.69 Å². The third kappa shape index (κ3) is 4.94. The standard InChI is InChI=1S/C30H31N3O2/c1-6-33(7-2)23-16-20(4)28(21(5)17-23)32-27-18-26(29(34)25-11-9-8-10-24(25)27)30(35)31-22-14-12-19(3)13-15-22/h8-18H,6-7H2,1-5H3,(H,31,35). The van der Waals surface area contributed by atoms with Gasteiger partial charge in [0.05, 0.1) is 17.0 Å². The maximum Gasteiger partial charge on any atom is 0.259 e. The molecule has 0 unspecified atom stereocenters. The molecular weight excluding hydrogens is 434 g/mol. The summed E-state index contributed by atoms with van der Waals surface area (Å²) in [6.45, 7) is 12.2. The highest BCUT2D eigenvalue weighted by molar-refractivity contribution is 6.37. The molecule has 1 aliphatic carbocycles. The van der Waals surface area contributed by atoms with Gasteiger partial charge in [-0.15, -0.1) is 0 Å². The van der Waals surface area contributed by atoms with Gasteiger partial charge in [0.15, 0.2) is 5.78 Å². The van der Waals surface area contributed by atoms with Crippen molar-refractivity contribution in [3.63, 3.8) is 0 Å². The third-order valence-corrected chi connectivity index (χ3v) is 6.36. The molecule has 1 amide bonds. The van der Waals surface area contributed by atoms with Crippen molar-refractivity contribution >= 4 is 34.5 Å². The number of aliphatic imine (C=N–C) groups is 1. The van der Waals surface area contributed by atoms with Gasteiger partial charge in [-0.25, -0.2) is 4.99 Å². The van der Waals surface area contributed by atoms with E-state index in [0.717, 1.165) is 41.0 Å². The molecule has 3 aromatic rings. The summed E-state index contributed by atoms with van der Waals surface area (Å²) in [7, 11) is 0. The Bertz CT molecular complexity index is 1320. The van der Waals surface area contributed by atoms with Crippen LogP contribution < -0.4 is 10.2 Å². The second-order valence-electron chi connectivity index (χ2n) is 8.85. The van der Waals surface area contributed by atoms with Crippen LogP contribution in [0.25, 0.3) is 0 Å². The number of allylic oxidation sites excluding steroid dienone is 1. The summed E-state index contributed by atoms with van der Waals surface area (Å²) in [6, 6.07) is 19.1. The van der Waals surface area contributed by atoms with Gasteiger partial charge in [0.1, 0.15) is 0 Å². The number of hydrogen-bond acceptors (Lipinski definition) is 4. The van der Waals surface area contributed by atoms with Crippen molar-refractivity contribution < 1.29 is 9.59 Å². The zero-order chi connectivity index (χ0) is 25.1. The smallest absolute Gasteiger partial charge is 0.259 e. The lowest BCUT2D eigenvalue weighted by atomic mass is 9.88. The van der Waals surface area contributed by atoms with E-state index < -0.39 is 5.91 Å². The van der Waals surface area contributed by atoms with Crippen molar-refractivity contribution in [2.24, 2.45) is 4.99 Å². The molecule has 5 heteroatoms. The highest BCUT2D eigenvalue weighted by atomic mass is 16.2. The molecule has 3 aromatic carbocycles. The first kappa shape index (κ1) is 24.1. The number of Topliss-reactive ketones (excluding diaryl/α,β-unsaturated/α-hetero) is 1. The van der Waals surface area contributed by atoms with Crippen LogP contribution >= 0.6 is 0 Å². The molecule has 0 aliphatic heterocycles. The summed E-state index contributed by atoms with van der Waals surface area (Å²) in [6.07, 6.45) is 1.62. The number of nitrogens with one attached hydrogen (secondary N) is 1. The maximum absolute atomic E-state index is 13.2. The number of ketones is 1. The lowest BCUT2D eigenvalue weighted by molar-refractivity contribution is -0.112. The SMILES string of the molecule is CCN(CC)c1cc(C)c(N=C2C=C(C(=O)Nc3ccc(C)cc3)C(=O)c3ccccc32)c(C)c1. The number of benzene rings is 3. The highest BCUT2D eigenvalue weighted by Gasteiger charge is 2.28. The first-order chi connectivity index (χ1) is 16.8. The Kier molecular flexibility index (Phi) is 6.97. The van der Waals surface area contributed by atoms with Gasteiger partial charge in [0.25, 0.3) is 5.91 Å². The van der Waals surface area contributed by atoms with Gasteiger partial charge in [0.2, 0.25) is 0 Å². The number of anilines is 2. The number of hydrogen-bond donors (Lipinski definition) is 1. The van der Waals surface area contributed by atoms with Gasteiger partial charge in [-0.1, -0.05) is 42.0 Å². The fourth-order valence-electron chi connectivity index (χ4n) is 4.43. The number of carbonyl (C=O) groups excluding carboxylic acids is 2. The van der Waals surface area contributed by atoms with E-state index in [9.17, 15) is 9.59 Å². The van der Waals surface area contributed by atoms with Crippen LogP contribution in [0, 0.1) is 20.8 Å². The van der Waals surface area contributed by atoms with E-state index in [4.69, 9.17) is 4.99 Å². The largest absolute Gasteiger partial charge is 0.372 e. The van der Waals surface area contributed by atoms with Crippen LogP contribution in [0.2, 0.25) is 0 Å². The van der Waals surface area contributed by atoms with E-state index >= 15 is 0 Å². The van der Waals surface area contributed by atoms with E-state index in [2.05, 4.69) is 36.2 Å². The summed E-state index contributed by atoms with van der Waals surface area (Å²) in [5.41, 5.74) is 7.77. The molecule has 0 atom stereocenters. The van der Waals surface area contributed by atoms with Crippen molar-refractivity contribution in [2.75, 3.05) is 23.3 Å². The van der Waals surface area contributed by atoms with Crippen molar-refractivity contribution in [3.05, 3.63) is 100 Å². The number of fused-ring (bicyclic) bond motifs is 1. The van der Waals surface area contributed by atoms with Gasteiger partial charge >= 0.3 is 0 Å². The Balaban J connectivity index is 1.78. The minimum absolute atomic E-state index is 0.0816. The Labute approximate surface area is 207 Å². The number of nitrogens with zero attached hydrogens (tertiary/aromatic N) is 2. The zero-order valence-corrected chi connectivity index (χ0v) is 21.0. The Hall–Kier alpha value is -3.99. The molecule has 0 saturated carbocycles. The summed E-state index contributed by atoms with van der Waals surface area (Å²) >= 11 is 0. The van der Waals surface area contributed by atoms with Gasteiger partial charge in [-0.2, -0.15) is 0 Å². The van der Waals surface area contributed by atoms with E-state index in [-0.39, 0.29) is 11.4 Å². The molecule has 1 aliphatic rings. The van der Waals surface area contributed by atoms with Gasteiger partial charge < -0.3 is 10.2 Å². The number of aryl methyl sites for hydroxylation is 3. The fraction of sp³-hybridized carbons (Fsp3) is 0.233. The quantitative estimate of drug-likeness (QED) is 0.432. The van der Waals surface area contributed by atoms with Gasteiger partial charge in [-0.3, -0.25) is 9.59 Å². The molecule has 0 saturated heterocycles. The summed E-state index contributed by atoms with van der Waals surface area (Å²) < 4.78 is 0. The maximum atomic E-state index is 13.2. The van der Waals surface area contributed by atoms with Crippen LogP contribution in [0.1, 0.15) is 46.5 Å². The predicted octanol–water partition coefficient (Wildman–Crippen LogP) is 6.34. The van der Waals surface area contributed by atoms with Crippen LogP contribution in [-0.4, -0.2) is 30.5 Å². The minimum Gasteiger partial charge on any atom is -0.372 e. The average Bonchev–Trinajstić information content (AvgIpc) is 2.85. The summed E-state index contributed by atoms with van der Waals surface area (Å²) in [5.74, 6) is -0.735. The lowest BCUT2D eigenvalue weighted by Gasteiger charge is -2.23. The zero-order valence-electron chi connectivity index (χ0n) is 21.0. The van der Waals surface area contributed by atoms with Crippen LogP contribution in [-0.2, 0) is 4.79 Å². The topological polar surface area (TPSA) is 61.8 Å². The molecule has 0 spiro atoms. The number of amides is 1. The second kappa shape index (κ2) is 10.1. The van der Waals surface area contributed by atoms with Crippen LogP contribution in [0.3, 0.4) is 0 Å². The first-order valence-electron chi connectivity index (χ1n) is 12.0. The molecule has 4 rings (SSSR count). The monoisotopic (exact) mass is 465 g/mol. The van der Waals surface area contributed by atoms with Crippen molar-refractivity contribution in [1.82, 2.24) is 0 Å². The predicted molar refractivity (Wildman–Crippen MR) is 144 cm³/mol. The first-order valence-corrected chi connectivity index (χ1v) is 12.0. The molecule has 0 bridgehead atoms. The Morgan fingerprint density at radius 2 is 1.49 bits per heavy atom. The highest BCUT2D eigenvalue weighted by Crippen LogP contribution is 2.32. The Morgan fingerprint density at radius 3 is 2.09 bits per heavy atom. The van der Waals surface area contributed by atoms with Crippen LogP contribution in [0.15, 0.2) is 77.3 Å². The van der Waals surface area contributed by atoms with Crippen LogP contribution in [0.5, 0.6) is 0 Å². The molecule has 0 radical (unpaired) electrons. The molecule has 35 heavy (non-hydrogen) atoms. The van der Waals surface area contributed by atoms with Crippen molar-refractivity contribution in [3.8, 4) is 0 Å². The van der Waals surface area contributed by atoms with Gasteiger partial charge in [0, 0.05) is 35.6 Å². The van der Waals surface area contributed by atoms with E-state index in [1.807, 2.05) is 63.2 Å². The normalized spacial score (nSPS) is 13.9. The fourth-order valence-corrected chi connectivity index (χ4v) is 4.43. The third-order valence-electron chi connectivity index (χ3n) is 6.36. The lowest BCUT2D eigenvalue weighted by Crippen LogP contribution is -2.26. The molecule has 0 aromatic heterocycles.